The maximum absolute atomic E-state index is 13.3. The van der Waals surface area contributed by atoms with E-state index in [1.165, 1.54) is 10.7 Å². The van der Waals surface area contributed by atoms with Crippen LogP contribution in [0, 0.1) is 6.92 Å². The van der Waals surface area contributed by atoms with E-state index in [1.54, 1.807) is 37.5 Å². The van der Waals surface area contributed by atoms with Gasteiger partial charge in [0.25, 0.3) is 5.91 Å². The number of aryl methyl sites for hydroxylation is 1. The molecule has 5 heterocycles. The van der Waals surface area contributed by atoms with Gasteiger partial charge in [-0.1, -0.05) is 10.4 Å². The van der Waals surface area contributed by atoms with Crippen LogP contribution < -0.4 is 5.32 Å². The molecule has 6 rings (SSSR count). The molecule has 1 N–H and O–H groups in total. The number of rotatable bonds is 6. The minimum Gasteiger partial charge on any atom is -0.339 e. The molecule has 0 bridgehead atoms. The van der Waals surface area contributed by atoms with Gasteiger partial charge in [-0.3, -0.25) is 9.78 Å². The highest BCUT2D eigenvalue weighted by Gasteiger charge is 2.43. The van der Waals surface area contributed by atoms with Gasteiger partial charge in [-0.05, 0) is 31.5 Å². The third-order valence-corrected chi connectivity index (χ3v) is 5.83. The molecule has 5 aromatic heterocycles. The van der Waals surface area contributed by atoms with Crippen LogP contribution in [0.4, 0.5) is 18.9 Å². The summed E-state index contributed by atoms with van der Waals surface area (Å²) in [6.45, 7) is -1.07. The van der Waals surface area contributed by atoms with Crippen molar-refractivity contribution in [1.82, 2.24) is 39.7 Å². The van der Waals surface area contributed by atoms with Crippen molar-refractivity contribution in [2.75, 3.05) is 5.32 Å². The lowest BCUT2D eigenvalue weighted by Gasteiger charge is -2.08. The highest BCUT2D eigenvalue weighted by molar-refractivity contribution is 6.09. The number of amides is 1. The fourth-order valence-electron chi connectivity index (χ4n) is 3.71. The maximum atomic E-state index is 13.3. The first-order valence-corrected chi connectivity index (χ1v) is 10.8. The smallest absolute Gasteiger partial charge is 0.334 e. The number of anilines is 1. The Morgan fingerprint density at radius 1 is 1.22 bits per heavy atom. The van der Waals surface area contributed by atoms with Gasteiger partial charge in [-0.25, -0.2) is 8.91 Å². The molecule has 11 nitrogen and oxygen atoms in total. The number of pyridine rings is 2. The summed E-state index contributed by atoms with van der Waals surface area (Å²) in [5, 5.41) is 18.0. The van der Waals surface area contributed by atoms with Gasteiger partial charge >= 0.3 is 6.55 Å². The SMILES string of the molecule is Cc1ncc(-c2noc([C@H]3C[C@@H]3F)n2)cc1NC(=O)c1cnn2cc(-c3cn(C(F)F)nn3)ccc12. The highest BCUT2D eigenvalue weighted by Crippen LogP contribution is 2.43. The van der Waals surface area contributed by atoms with Crippen molar-refractivity contribution in [3.05, 3.63) is 60.1 Å². The number of hydrogen-bond donors (Lipinski definition) is 1. The molecular weight excluding hydrogens is 479 g/mol. The molecule has 1 fully saturated rings. The van der Waals surface area contributed by atoms with Gasteiger partial charge in [0, 0.05) is 23.5 Å². The Hall–Kier alpha value is -4.62. The number of hydrogen-bond acceptors (Lipinski definition) is 8. The van der Waals surface area contributed by atoms with Crippen LogP contribution in [0.1, 0.15) is 40.8 Å². The van der Waals surface area contributed by atoms with E-state index in [2.05, 4.69) is 35.9 Å². The maximum Gasteiger partial charge on any atom is 0.334 e. The Labute approximate surface area is 200 Å². The number of nitrogens with one attached hydrogen (secondary N) is 1. The van der Waals surface area contributed by atoms with Gasteiger partial charge in [0.05, 0.1) is 40.8 Å². The van der Waals surface area contributed by atoms with E-state index < -0.39 is 18.6 Å². The minimum absolute atomic E-state index is 0.241. The largest absolute Gasteiger partial charge is 0.339 e. The molecule has 1 aliphatic carbocycles. The second-order valence-corrected chi connectivity index (χ2v) is 8.29. The third-order valence-electron chi connectivity index (χ3n) is 5.83. The summed E-state index contributed by atoms with van der Waals surface area (Å²) in [6, 6.07) is 4.93. The molecule has 0 radical (unpaired) electrons. The molecule has 14 heteroatoms. The summed E-state index contributed by atoms with van der Waals surface area (Å²) >= 11 is 0. The Morgan fingerprint density at radius 3 is 2.81 bits per heavy atom. The van der Waals surface area contributed by atoms with Crippen LogP contribution in [0.25, 0.3) is 28.2 Å². The fraction of sp³-hybridized carbons (Fsp3) is 0.227. The van der Waals surface area contributed by atoms with Crippen molar-refractivity contribution < 1.29 is 22.5 Å². The van der Waals surface area contributed by atoms with Crippen molar-refractivity contribution >= 4 is 17.1 Å². The molecule has 0 unspecified atom stereocenters. The number of halogens is 3. The molecule has 1 saturated carbocycles. The van der Waals surface area contributed by atoms with Crippen LogP contribution in [-0.2, 0) is 0 Å². The first-order chi connectivity index (χ1) is 17.4. The van der Waals surface area contributed by atoms with Gasteiger partial charge in [0.15, 0.2) is 0 Å². The summed E-state index contributed by atoms with van der Waals surface area (Å²) in [6.07, 6.45) is 5.03. The number of fused-ring (bicyclic) bond motifs is 1. The Balaban J connectivity index is 1.24. The zero-order valence-corrected chi connectivity index (χ0v) is 18.5. The van der Waals surface area contributed by atoms with Crippen molar-refractivity contribution in [3.8, 4) is 22.6 Å². The molecule has 5 aromatic rings. The van der Waals surface area contributed by atoms with Crippen LogP contribution in [-0.4, -0.2) is 51.8 Å². The molecule has 182 valence electrons. The summed E-state index contributed by atoms with van der Waals surface area (Å²) in [5.74, 6) is -0.308. The lowest BCUT2D eigenvalue weighted by Crippen LogP contribution is -2.13. The minimum atomic E-state index is -2.80. The molecular formula is C22H16F3N9O2. The van der Waals surface area contributed by atoms with E-state index in [9.17, 15) is 18.0 Å². The zero-order chi connectivity index (χ0) is 25.0. The van der Waals surface area contributed by atoms with Crippen LogP contribution in [0.2, 0.25) is 0 Å². The van der Waals surface area contributed by atoms with Gasteiger partial charge < -0.3 is 9.84 Å². The number of carbonyl (C=O) groups excluding carboxylic acids is 1. The second-order valence-electron chi connectivity index (χ2n) is 8.29. The van der Waals surface area contributed by atoms with E-state index in [1.807, 2.05) is 0 Å². The number of nitrogens with zero attached hydrogens (tertiary/aromatic N) is 8. The fourth-order valence-corrected chi connectivity index (χ4v) is 3.71. The van der Waals surface area contributed by atoms with E-state index in [4.69, 9.17) is 4.52 Å². The van der Waals surface area contributed by atoms with Crippen LogP contribution >= 0.6 is 0 Å². The molecule has 2 atom stereocenters. The molecule has 1 amide bonds. The molecule has 0 spiro atoms. The Bertz CT molecular complexity index is 1610. The average molecular weight is 495 g/mol. The first-order valence-electron chi connectivity index (χ1n) is 10.8. The van der Waals surface area contributed by atoms with Crippen LogP contribution in [0.3, 0.4) is 0 Å². The van der Waals surface area contributed by atoms with Gasteiger partial charge in [-0.2, -0.15) is 23.5 Å². The molecule has 0 aromatic carbocycles. The summed E-state index contributed by atoms with van der Waals surface area (Å²) in [7, 11) is 0. The average Bonchev–Trinajstić information content (AvgIpc) is 3.32. The predicted octanol–water partition coefficient (Wildman–Crippen LogP) is 3.82. The van der Waals surface area contributed by atoms with Crippen molar-refractivity contribution in [3.63, 3.8) is 0 Å². The van der Waals surface area contributed by atoms with Crippen molar-refractivity contribution in [1.29, 1.82) is 0 Å². The van der Waals surface area contributed by atoms with E-state index >= 15 is 0 Å². The van der Waals surface area contributed by atoms with Gasteiger partial charge in [0.1, 0.15) is 11.9 Å². The topological polar surface area (TPSA) is 129 Å². The summed E-state index contributed by atoms with van der Waals surface area (Å²) in [5.41, 5.74) is 3.01. The van der Waals surface area contributed by atoms with Crippen LogP contribution in [0.15, 0.2) is 47.5 Å². The van der Waals surface area contributed by atoms with E-state index in [-0.39, 0.29) is 28.9 Å². The molecule has 1 aliphatic rings. The molecule has 36 heavy (non-hydrogen) atoms. The second kappa shape index (κ2) is 8.25. The van der Waals surface area contributed by atoms with Gasteiger partial charge in [-0.15, -0.1) is 5.10 Å². The standard InChI is InChI=1S/C22H16F3N9O2/c1-10-16(4-12(6-26-10)19-29-21(36-31-19)13-5-15(13)23)28-20(35)14-7-27-33-8-11(2-3-18(14)33)17-9-34(22(24)25)32-30-17/h2-4,6-9,13,15,22H,5H2,1H3,(H,28,35)/t13-,15-/m0/s1. The lowest BCUT2D eigenvalue weighted by molar-refractivity contribution is 0.0546. The van der Waals surface area contributed by atoms with Crippen molar-refractivity contribution in [2.24, 2.45) is 0 Å². The summed E-state index contributed by atoms with van der Waals surface area (Å²) in [4.78, 5) is 21.6. The van der Waals surface area contributed by atoms with Crippen molar-refractivity contribution in [2.45, 2.75) is 32.0 Å². The normalized spacial score (nSPS) is 17.1. The number of aromatic nitrogens is 8. The molecule has 0 aliphatic heterocycles. The Kier molecular flexibility index (Phi) is 5.01. The highest BCUT2D eigenvalue weighted by atomic mass is 19.3. The lowest BCUT2D eigenvalue weighted by atomic mass is 10.1. The zero-order valence-electron chi connectivity index (χ0n) is 18.5. The third kappa shape index (κ3) is 3.85. The molecule has 0 saturated heterocycles. The first kappa shape index (κ1) is 21.9. The monoisotopic (exact) mass is 495 g/mol. The van der Waals surface area contributed by atoms with Crippen LogP contribution in [0.5, 0.6) is 0 Å². The van der Waals surface area contributed by atoms with E-state index in [0.717, 1.165) is 6.20 Å². The van der Waals surface area contributed by atoms with E-state index in [0.29, 0.717) is 39.1 Å². The quantitative estimate of drug-likeness (QED) is 0.376. The van der Waals surface area contributed by atoms with Gasteiger partial charge in [0.2, 0.25) is 11.7 Å². The number of carbonyl (C=O) groups is 1. The number of alkyl halides is 3. The predicted molar refractivity (Wildman–Crippen MR) is 118 cm³/mol. The Morgan fingerprint density at radius 2 is 2.06 bits per heavy atom. The summed E-state index contributed by atoms with van der Waals surface area (Å²) < 4.78 is 45.9.